The van der Waals surface area contributed by atoms with E-state index < -0.39 is 0 Å². The number of nitrogens with zero attached hydrogens (tertiary/aromatic N) is 5. The largest absolute Gasteiger partial charge is 0.439 e. The Labute approximate surface area is 166 Å². The fraction of sp³-hybridized carbons (Fsp3) is 0.222. The zero-order chi connectivity index (χ0) is 19.6. The Morgan fingerprint density at radius 3 is 2.70 bits per heavy atom. The van der Waals surface area contributed by atoms with E-state index in [4.69, 9.17) is 22.1 Å². The lowest BCUT2D eigenvalue weighted by Gasteiger charge is -2.11. The molecule has 7 nitrogen and oxygen atoms in total. The number of thioether (sulfide) groups is 1. The molecule has 3 aromatic rings. The minimum absolute atomic E-state index is 0.244. The van der Waals surface area contributed by atoms with Crippen molar-refractivity contribution in [1.82, 2.24) is 19.7 Å². The van der Waals surface area contributed by atoms with E-state index in [-0.39, 0.29) is 5.82 Å². The molecule has 2 N–H and O–H groups in total. The van der Waals surface area contributed by atoms with Crippen molar-refractivity contribution in [3.05, 3.63) is 46.1 Å². The number of halogens is 1. The monoisotopic (exact) mass is 400 g/mol. The zero-order valence-electron chi connectivity index (χ0n) is 15.0. The lowest BCUT2D eigenvalue weighted by Crippen LogP contribution is -2.07. The predicted molar refractivity (Wildman–Crippen MR) is 106 cm³/mol. The van der Waals surface area contributed by atoms with Crippen LogP contribution in [-0.2, 0) is 6.42 Å². The van der Waals surface area contributed by atoms with Gasteiger partial charge in [0, 0.05) is 11.1 Å². The number of nitrogen functional groups attached to an aromatic ring is 1. The Kier molecular flexibility index (Phi) is 5.54. The van der Waals surface area contributed by atoms with Gasteiger partial charge < -0.3 is 10.5 Å². The molecule has 1 aromatic carbocycles. The average Bonchev–Trinajstić information content (AvgIpc) is 2.99. The summed E-state index contributed by atoms with van der Waals surface area (Å²) in [5, 5.41) is 14.9. The van der Waals surface area contributed by atoms with Crippen LogP contribution in [0, 0.1) is 18.3 Å². The summed E-state index contributed by atoms with van der Waals surface area (Å²) in [5.41, 5.74) is 7.97. The van der Waals surface area contributed by atoms with Crippen LogP contribution in [0.2, 0.25) is 5.02 Å². The normalized spacial score (nSPS) is 10.6. The maximum Gasteiger partial charge on any atom is 0.225 e. The number of hydrogen-bond donors (Lipinski definition) is 1. The van der Waals surface area contributed by atoms with Gasteiger partial charge in [-0.15, -0.1) is 0 Å². The number of nitriles is 1. The Morgan fingerprint density at radius 1 is 1.33 bits per heavy atom. The highest BCUT2D eigenvalue weighted by atomic mass is 35.5. The van der Waals surface area contributed by atoms with Crippen molar-refractivity contribution < 1.29 is 4.74 Å². The van der Waals surface area contributed by atoms with Crippen LogP contribution in [0.5, 0.6) is 11.6 Å². The van der Waals surface area contributed by atoms with E-state index in [2.05, 4.69) is 21.1 Å². The van der Waals surface area contributed by atoms with E-state index in [0.29, 0.717) is 45.3 Å². The fourth-order valence-corrected chi connectivity index (χ4v) is 3.10. The first-order chi connectivity index (χ1) is 13.0. The van der Waals surface area contributed by atoms with Gasteiger partial charge in [0.2, 0.25) is 5.88 Å². The summed E-state index contributed by atoms with van der Waals surface area (Å²) in [4.78, 5) is 8.83. The number of aromatic nitrogens is 4. The van der Waals surface area contributed by atoms with Gasteiger partial charge in [0.05, 0.1) is 5.69 Å². The maximum atomic E-state index is 9.34. The third kappa shape index (κ3) is 3.84. The summed E-state index contributed by atoms with van der Waals surface area (Å²) in [6, 6.07) is 9.08. The van der Waals surface area contributed by atoms with E-state index in [9.17, 15) is 5.26 Å². The minimum Gasteiger partial charge on any atom is -0.439 e. The Balaban J connectivity index is 2.07. The van der Waals surface area contributed by atoms with Gasteiger partial charge in [-0.2, -0.15) is 20.0 Å². The summed E-state index contributed by atoms with van der Waals surface area (Å²) in [6.07, 6.45) is 2.45. The quantitative estimate of drug-likeness (QED) is 0.506. The topological polar surface area (TPSA) is 103 Å². The third-order valence-corrected chi connectivity index (χ3v) is 4.64. The second-order valence-electron chi connectivity index (χ2n) is 5.65. The molecule has 0 radical (unpaired) electrons. The molecule has 0 amide bonds. The molecule has 2 aromatic heterocycles. The molecule has 27 heavy (non-hydrogen) atoms. The highest BCUT2D eigenvalue weighted by Gasteiger charge is 2.18. The van der Waals surface area contributed by atoms with Gasteiger partial charge in [0.25, 0.3) is 0 Å². The SMILES string of the molecule is CCc1nn(-c2cc(Oc3ccc(Cl)cc3C)nc(SC)n2)c(N)c1C#N. The molecular weight excluding hydrogens is 384 g/mol. The van der Waals surface area contributed by atoms with Gasteiger partial charge in [0.15, 0.2) is 11.0 Å². The van der Waals surface area contributed by atoms with Crippen LogP contribution in [0.15, 0.2) is 29.4 Å². The third-order valence-electron chi connectivity index (χ3n) is 3.86. The van der Waals surface area contributed by atoms with Gasteiger partial charge in [-0.25, -0.2) is 4.98 Å². The van der Waals surface area contributed by atoms with Gasteiger partial charge in [-0.3, -0.25) is 0 Å². The second kappa shape index (κ2) is 7.86. The first-order valence-electron chi connectivity index (χ1n) is 8.11. The number of benzene rings is 1. The molecular formula is C18H17ClN6OS. The summed E-state index contributed by atoms with van der Waals surface area (Å²) in [7, 11) is 0. The van der Waals surface area contributed by atoms with Crippen LogP contribution in [0.3, 0.4) is 0 Å². The van der Waals surface area contributed by atoms with Crippen molar-refractivity contribution in [2.45, 2.75) is 25.4 Å². The number of nitrogens with two attached hydrogens (primary N) is 1. The summed E-state index contributed by atoms with van der Waals surface area (Å²) in [5.74, 6) is 1.66. The van der Waals surface area contributed by atoms with E-state index >= 15 is 0 Å². The summed E-state index contributed by atoms with van der Waals surface area (Å²) >= 11 is 7.37. The van der Waals surface area contributed by atoms with Gasteiger partial charge in [-0.1, -0.05) is 30.3 Å². The minimum atomic E-state index is 0.244. The molecule has 3 rings (SSSR count). The number of anilines is 1. The molecule has 0 aliphatic rings. The van der Waals surface area contributed by atoms with Crippen molar-refractivity contribution >= 4 is 29.2 Å². The molecule has 0 spiro atoms. The van der Waals surface area contributed by atoms with E-state index in [1.165, 1.54) is 16.4 Å². The fourth-order valence-electron chi connectivity index (χ4n) is 2.51. The van der Waals surface area contributed by atoms with Gasteiger partial charge in [-0.05, 0) is 43.4 Å². The number of ether oxygens (including phenoxy) is 1. The van der Waals surface area contributed by atoms with Gasteiger partial charge >= 0.3 is 0 Å². The molecule has 0 bridgehead atoms. The second-order valence-corrected chi connectivity index (χ2v) is 6.86. The predicted octanol–water partition coefficient (Wildman–Crippen LogP) is 4.15. The van der Waals surface area contributed by atoms with Crippen LogP contribution in [0.1, 0.15) is 23.7 Å². The lowest BCUT2D eigenvalue weighted by atomic mass is 10.2. The first-order valence-corrected chi connectivity index (χ1v) is 9.72. The van der Waals surface area contributed by atoms with Crippen LogP contribution >= 0.6 is 23.4 Å². The molecule has 0 atom stereocenters. The molecule has 0 saturated heterocycles. The molecule has 0 fully saturated rings. The zero-order valence-corrected chi connectivity index (χ0v) is 16.6. The average molecular weight is 401 g/mol. The Morgan fingerprint density at radius 2 is 2.11 bits per heavy atom. The van der Waals surface area contributed by atoms with Crippen molar-refractivity contribution in [2.75, 3.05) is 12.0 Å². The summed E-state index contributed by atoms with van der Waals surface area (Å²) in [6.45, 7) is 3.81. The van der Waals surface area contributed by atoms with Crippen LogP contribution in [0.25, 0.3) is 5.82 Å². The van der Waals surface area contributed by atoms with Crippen LogP contribution in [-0.4, -0.2) is 26.0 Å². The molecule has 2 heterocycles. The van der Waals surface area contributed by atoms with Crippen molar-refractivity contribution in [3.8, 4) is 23.5 Å². The molecule has 0 aliphatic carbocycles. The molecule has 9 heteroatoms. The van der Waals surface area contributed by atoms with Crippen molar-refractivity contribution in [1.29, 1.82) is 5.26 Å². The number of hydrogen-bond acceptors (Lipinski definition) is 7. The van der Waals surface area contributed by atoms with E-state index in [0.717, 1.165) is 5.56 Å². The van der Waals surface area contributed by atoms with Crippen LogP contribution < -0.4 is 10.5 Å². The Hall–Kier alpha value is -2.76. The highest BCUT2D eigenvalue weighted by Crippen LogP contribution is 2.29. The standard InChI is InChI=1S/C18H17ClN6OS/c1-4-13-12(9-20)17(21)25(24-13)15-8-16(23-18(22-15)27-3)26-14-6-5-11(19)7-10(14)2/h5-8H,4,21H2,1-3H3. The van der Waals surface area contributed by atoms with Crippen LogP contribution in [0.4, 0.5) is 5.82 Å². The number of aryl methyl sites for hydroxylation is 2. The molecule has 0 unspecified atom stereocenters. The van der Waals surface area contributed by atoms with E-state index in [1.807, 2.05) is 26.2 Å². The highest BCUT2D eigenvalue weighted by molar-refractivity contribution is 7.98. The smallest absolute Gasteiger partial charge is 0.225 e. The lowest BCUT2D eigenvalue weighted by molar-refractivity contribution is 0.451. The van der Waals surface area contributed by atoms with Crippen molar-refractivity contribution in [3.63, 3.8) is 0 Å². The number of rotatable bonds is 5. The van der Waals surface area contributed by atoms with Gasteiger partial charge in [0.1, 0.15) is 23.2 Å². The molecule has 0 saturated carbocycles. The molecule has 0 aliphatic heterocycles. The summed E-state index contributed by atoms with van der Waals surface area (Å²) < 4.78 is 7.37. The maximum absolute atomic E-state index is 9.34. The van der Waals surface area contributed by atoms with Crippen molar-refractivity contribution in [2.24, 2.45) is 0 Å². The Bertz CT molecular complexity index is 1040. The molecule has 138 valence electrons. The van der Waals surface area contributed by atoms with E-state index in [1.54, 1.807) is 18.2 Å². The first kappa shape index (κ1) is 19.0.